The summed E-state index contributed by atoms with van der Waals surface area (Å²) in [4.78, 5) is 23.8. The highest BCUT2D eigenvalue weighted by molar-refractivity contribution is 5.85. The maximum atomic E-state index is 12.0. The van der Waals surface area contributed by atoms with Gasteiger partial charge >= 0.3 is 6.09 Å². The quantitative estimate of drug-likeness (QED) is 0.539. The van der Waals surface area contributed by atoms with Gasteiger partial charge in [0.15, 0.2) is 0 Å². The molecule has 2 amide bonds. The molecule has 4 N–H and O–H groups in total. The van der Waals surface area contributed by atoms with Gasteiger partial charge in [-0.2, -0.15) is 0 Å². The number of hydrogen-bond donors (Lipinski definition) is 4. The molecule has 144 valence electrons. The van der Waals surface area contributed by atoms with Crippen LogP contribution in [-0.4, -0.2) is 42.3 Å². The standard InChI is InChI=1S/C20H25N3O4/c1-15(23-20(26)27-14-16-8-4-2-5-9-16)19(25)22-13-18(24)12-21-17-10-6-3-7-11-17/h2-11,15,18,21,24H,12-14H2,1H3,(H,22,25)(H,23,26)/t15-,18?/m0/s1. The molecule has 0 bridgehead atoms. The zero-order valence-electron chi connectivity index (χ0n) is 15.2. The molecule has 0 fully saturated rings. The molecule has 0 aromatic heterocycles. The summed E-state index contributed by atoms with van der Waals surface area (Å²) < 4.78 is 5.07. The van der Waals surface area contributed by atoms with E-state index in [1.807, 2.05) is 60.7 Å². The Morgan fingerprint density at radius 1 is 1.00 bits per heavy atom. The first-order valence-corrected chi connectivity index (χ1v) is 8.76. The minimum Gasteiger partial charge on any atom is -0.445 e. The Kier molecular flexibility index (Phi) is 8.12. The van der Waals surface area contributed by atoms with Gasteiger partial charge < -0.3 is 25.8 Å². The monoisotopic (exact) mass is 371 g/mol. The van der Waals surface area contributed by atoms with Crippen LogP contribution in [0.25, 0.3) is 0 Å². The van der Waals surface area contributed by atoms with Gasteiger partial charge in [0.2, 0.25) is 5.91 Å². The summed E-state index contributed by atoms with van der Waals surface area (Å²) in [5, 5.41) is 18.1. The SMILES string of the molecule is C[C@H](NC(=O)OCc1ccccc1)C(=O)NCC(O)CNc1ccccc1. The molecule has 0 aliphatic carbocycles. The fourth-order valence-electron chi connectivity index (χ4n) is 2.24. The molecule has 2 aromatic rings. The second-order valence-corrected chi connectivity index (χ2v) is 6.07. The Labute approximate surface area is 158 Å². The van der Waals surface area contributed by atoms with Crippen LogP contribution in [-0.2, 0) is 16.1 Å². The number of ether oxygens (including phenoxy) is 1. The number of aliphatic hydroxyl groups excluding tert-OH is 1. The smallest absolute Gasteiger partial charge is 0.408 e. The van der Waals surface area contributed by atoms with Gasteiger partial charge in [-0.25, -0.2) is 4.79 Å². The predicted octanol–water partition coefficient (Wildman–Crippen LogP) is 1.89. The Balaban J connectivity index is 1.63. The molecular formula is C20H25N3O4. The van der Waals surface area contributed by atoms with Crippen LogP contribution in [0.2, 0.25) is 0 Å². The van der Waals surface area contributed by atoms with Crippen molar-refractivity contribution in [3.05, 3.63) is 66.2 Å². The van der Waals surface area contributed by atoms with E-state index < -0.39 is 24.1 Å². The van der Waals surface area contributed by atoms with Crippen molar-refractivity contribution in [2.45, 2.75) is 25.7 Å². The maximum absolute atomic E-state index is 12.0. The summed E-state index contributed by atoms with van der Waals surface area (Å²) >= 11 is 0. The molecule has 7 heteroatoms. The summed E-state index contributed by atoms with van der Waals surface area (Å²) in [5.74, 6) is -0.398. The van der Waals surface area contributed by atoms with E-state index in [1.54, 1.807) is 6.92 Å². The number of rotatable bonds is 9. The van der Waals surface area contributed by atoms with Gasteiger partial charge in [-0.3, -0.25) is 4.79 Å². The summed E-state index contributed by atoms with van der Waals surface area (Å²) in [5.41, 5.74) is 1.75. The van der Waals surface area contributed by atoms with Gasteiger partial charge in [0.25, 0.3) is 0 Å². The Bertz CT molecular complexity index is 710. The fraction of sp³-hybridized carbons (Fsp3) is 0.300. The highest BCUT2D eigenvalue weighted by Crippen LogP contribution is 2.04. The van der Waals surface area contributed by atoms with E-state index in [9.17, 15) is 14.7 Å². The molecule has 2 rings (SSSR count). The summed E-state index contributed by atoms with van der Waals surface area (Å²) in [6.07, 6.45) is -1.43. The Morgan fingerprint density at radius 3 is 2.30 bits per heavy atom. The van der Waals surface area contributed by atoms with Crippen molar-refractivity contribution < 1.29 is 19.4 Å². The van der Waals surface area contributed by atoms with Crippen molar-refractivity contribution in [1.82, 2.24) is 10.6 Å². The molecule has 0 spiro atoms. The molecule has 0 heterocycles. The highest BCUT2D eigenvalue weighted by Gasteiger charge is 2.17. The highest BCUT2D eigenvalue weighted by atomic mass is 16.5. The third-order valence-electron chi connectivity index (χ3n) is 3.77. The predicted molar refractivity (Wildman–Crippen MR) is 103 cm³/mol. The number of hydrogen-bond acceptors (Lipinski definition) is 5. The van der Waals surface area contributed by atoms with Gasteiger partial charge in [-0.05, 0) is 24.6 Å². The van der Waals surface area contributed by atoms with Crippen molar-refractivity contribution in [3.63, 3.8) is 0 Å². The average molecular weight is 371 g/mol. The lowest BCUT2D eigenvalue weighted by atomic mass is 10.2. The zero-order chi connectivity index (χ0) is 19.5. The second-order valence-electron chi connectivity index (χ2n) is 6.07. The summed E-state index contributed by atoms with van der Waals surface area (Å²) in [6.45, 7) is 2.05. The minimum atomic E-state index is -0.775. The Morgan fingerprint density at radius 2 is 1.63 bits per heavy atom. The number of aliphatic hydroxyl groups is 1. The fourth-order valence-corrected chi connectivity index (χ4v) is 2.24. The van der Waals surface area contributed by atoms with Crippen LogP contribution in [0.1, 0.15) is 12.5 Å². The van der Waals surface area contributed by atoms with Crippen molar-refractivity contribution in [1.29, 1.82) is 0 Å². The van der Waals surface area contributed by atoms with Gasteiger partial charge in [0.1, 0.15) is 12.6 Å². The number of amides is 2. The summed E-state index contributed by atoms with van der Waals surface area (Å²) in [6, 6.07) is 17.9. The molecule has 0 radical (unpaired) electrons. The first kappa shape index (κ1) is 20.3. The molecular weight excluding hydrogens is 346 g/mol. The van der Waals surface area contributed by atoms with E-state index in [0.717, 1.165) is 11.3 Å². The molecule has 2 aromatic carbocycles. The second kappa shape index (κ2) is 10.8. The third kappa shape index (κ3) is 7.79. The first-order chi connectivity index (χ1) is 13.0. The van der Waals surface area contributed by atoms with E-state index in [1.165, 1.54) is 0 Å². The molecule has 0 saturated carbocycles. The number of para-hydroxylation sites is 1. The lowest BCUT2D eigenvalue weighted by Crippen LogP contribution is -2.47. The molecule has 7 nitrogen and oxygen atoms in total. The summed E-state index contributed by atoms with van der Waals surface area (Å²) in [7, 11) is 0. The maximum Gasteiger partial charge on any atom is 0.408 e. The van der Waals surface area contributed by atoms with Crippen molar-refractivity contribution in [3.8, 4) is 0 Å². The minimum absolute atomic E-state index is 0.0732. The lowest BCUT2D eigenvalue weighted by molar-refractivity contribution is -0.123. The molecule has 0 aliphatic rings. The van der Waals surface area contributed by atoms with Crippen molar-refractivity contribution in [2.75, 3.05) is 18.4 Å². The van der Waals surface area contributed by atoms with Crippen LogP contribution in [0.4, 0.5) is 10.5 Å². The number of benzene rings is 2. The van der Waals surface area contributed by atoms with Gasteiger partial charge in [-0.1, -0.05) is 48.5 Å². The number of alkyl carbamates (subject to hydrolysis) is 1. The molecule has 1 unspecified atom stereocenters. The van der Waals surface area contributed by atoms with Crippen LogP contribution >= 0.6 is 0 Å². The van der Waals surface area contributed by atoms with Crippen LogP contribution < -0.4 is 16.0 Å². The third-order valence-corrected chi connectivity index (χ3v) is 3.77. The molecule has 0 saturated heterocycles. The average Bonchev–Trinajstić information content (AvgIpc) is 2.70. The first-order valence-electron chi connectivity index (χ1n) is 8.76. The van der Waals surface area contributed by atoms with E-state index in [-0.39, 0.29) is 13.2 Å². The number of carbonyl (C=O) groups is 2. The van der Waals surface area contributed by atoms with Crippen LogP contribution in [0.5, 0.6) is 0 Å². The number of nitrogens with one attached hydrogen (secondary N) is 3. The molecule has 27 heavy (non-hydrogen) atoms. The van der Waals surface area contributed by atoms with Gasteiger partial charge in [-0.15, -0.1) is 0 Å². The van der Waals surface area contributed by atoms with E-state index in [4.69, 9.17) is 4.74 Å². The molecule has 0 aliphatic heterocycles. The van der Waals surface area contributed by atoms with Gasteiger partial charge in [0.05, 0.1) is 6.10 Å². The topological polar surface area (TPSA) is 99.7 Å². The number of carbonyl (C=O) groups excluding carboxylic acids is 2. The van der Waals surface area contributed by atoms with E-state index in [2.05, 4.69) is 16.0 Å². The largest absolute Gasteiger partial charge is 0.445 e. The van der Waals surface area contributed by atoms with E-state index in [0.29, 0.717) is 6.54 Å². The van der Waals surface area contributed by atoms with Crippen LogP contribution in [0, 0.1) is 0 Å². The van der Waals surface area contributed by atoms with Crippen LogP contribution in [0.3, 0.4) is 0 Å². The molecule has 2 atom stereocenters. The normalized spacial score (nSPS) is 12.5. The van der Waals surface area contributed by atoms with Gasteiger partial charge in [0, 0.05) is 18.8 Å². The van der Waals surface area contributed by atoms with Crippen LogP contribution in [0.15, 0.2) is 60.7 Å². The lowest BCUT2D eigenvalue weighted by Gasteiger charge is -2.17. The van der Waals surface area contributed by atoms with E-state index >= 15 is 0 Å². The van der Waals surface area contributed by atoms with Crippen molar-refractivity contribution >= 4 is 17.7 Å². The number of anilines is 1. The van der Waals surface area contributed by atoms with Crippen molar-refractivity contribution in [2.24, 2.45) is 0 Å². The zero-order valence-corrected chi connectivity index (χ0v) is 15.2. The Hall–Kier alpha value is -3.06.